The second kappa shape index (κ2) is 10.3. The van der Waals surface area contributed by atoms with Crippen LogP contribution in [0.25, 0.3) is 12.2 Å². The zero-order chi connectivity index (χ0) is 17.7. The van der Waals surface area contributed by atoms with Crippen molar-refractivity contribution < 1.29 is 14.3 Å². The maximum Gasteiger partial charge on any atom is 0.298 e. The Hall–Kier alpha value is -3.46. The van der Waals surface area contributed by atoms with Gasteiger partial charge in [-0.2, -0.15) is 0 Å². The van der Waals surface area contributed by atoms with Gasteiger partial charge in [0.2, 0.25) is 0 Å². The van der Waals surface area contributed by atoms with Gasteiger partial charge in [-0.1, -0.05) is 84.9 Å². The van der Waals surface area contributed by atoms with Gasteiger partial charge in [0.1, 0.15) is 5.75 Å². The lowest BCUT2D eigenvalue weighted by Gasteiger charge is -1.98. The summed E-state index contributed by atoms with van der Waals surface area (Å²) in [7, 11) is 0. The molecular weight excluding hydrogens is 312 g/mol. The van der Waals surface area contributed by atoms with Crippen LogP contribution in [0.2, 0.25) is 0 Å². The van der Waals surface area contributed by atoms with Crippen molar-refractivity contribution >= 4 is 24.9 Å². The zero-order valence-electron chi connectivity index (χ0n) is 13.6. The van der Waals surface area contributed by atoms with E-state index in [0.29, 0.717) is 18.3 Å². The number of para-hydroxylation sites is 1. The summed E-state index contributed by atoms with van der Waals surface area (Å²) >= 11 is 0. The molecule has 0 aliphatic carbocycles. The standard InChI is InChI=1S/C14H12.C8H6O3/c1-3-7-13(8-4-1)11-12-14-9-5-2-6-10-14;9-5-7-3-1-2-4-8(7)11-6-10/h1-12H;1-6H. The summed E-state index contributed by atoms with van der Waals surface area (Å²) in [5, 5.41) is 0. The molecule has 0 aliphatic rings. The number of benzene rings is 3. The maximum absolute atomic E-state index is 10.3. The molecule has 0 spiro atoms. The van der Waals surface area contributed by atoms with Crippen LogP contribution in [-0.4, -0.2) is 12.8 Å². The summed E-state index contributed by atoms with van der Waals surface area (Å²) < 4.78 is 4.52. The highest BCUT2D eigenvalue weighted by Gasteiger charge is 1.98. The van der Waals surface area contributed by atoms with E-state index in [1.165, 1.54) is 11.1 Å². The summed E-state index contributed by atoms with van der Waals surface area (Å²) in [5.74, 6) is 0.289. The van der Waals surface area contributed by atoms with E-state index in [4.69, 9.17) is 0 Å². The molecule has 0 bridgehead atoms. The molecule has 0 radical (unpaired) electrons. The average molecular weight is 330 g/mol. The number of rotatable bonds is 5. The van der Waals surface area contributed by atoms with Crippen molar-refractivity contribution in [3.63, 3.8) is 0 Å². The third-order valence-electron chi connectivity index (χ3n) is 3.29. The molecule has 0 aromatic heterocycles. The van der Waals surface area contributed by atoms with E-state index in [9.17, 15) is 9.59 Å². The first kappa shape index (κ1) is 17.9. The molecule has 0 atom stereocenters. The number of carbonyl (C=O) groups is 2. The Morgan fingerprint density at radius 3 is 1.56 bits per heavy atom. The fraction of sp³-hybridized carbons (Fsp3) is 0. The van der Waals surface area contributed by atoms with Crippen molar-refractivity contribution in [2.24, 2.45) is 0 Å². The molecule has 0 saturated heterocycles. The van der Waals surface area contributed by atoms with Gasteiger partial charge in [-0.15, -0.1) is 0 Å². The van der Waals surface area contributed by atoms with Crippen LogP contribution in [0.3, 0.4) is 0 Å². The van der Waals surface area contributed by atoms with E-state index >= 15 is 0 Å². The summed E-state index contributed by atoms with van der Waals surface area (Å²) in [4.78, 5) is 20.2. The topological polar surface area (TPSA) is 43.4 Å². The fourth-order valence-electron chi connectivity index (χ4n) is 2.06. The highest BCUT2D eigenvalue weighted by molar-refractivity contribution is 5.79. The van der Waals surface area contributed by atoms with Crippen molar-refractivity contribution in [2.75, 3.05) is 0 Å². The quantitative estimate of drug-likeness (QED) is 0.494. The predicted octanol–water partition coefficient (Wildman–Crippen LogP) is 4.89. The lowest BCUT2D eigenvalue weighted by molar-refractivity contribution is -0.120. The van der Waals surface area contributed by atoms with Crippen molar-refractivity contribution in [1.29, 1.82) is 0 Å². The summed E-state index contributed by atoms with van der Waals surface area (Å²) in [6.45, 7) is 0.294. The Morgan fingerprint density at radius 2 is 1.08 bits per heavy atom. The van der Waals surface area contributed by atoms with Crippen LogP contribution in [0.15, 0.2) is 84.9 Å². The van der Waals surface area contributed by atoms with Gasteiger partial charge in [0.05, 0.1) is 5.56 Å². The Balaban J connectivity index is 0.000000186. The van der Waals surface area contributed by atoms with Gasteiger partial charge in [0, 0.05) is 0 Å². The molecule has 3 heteroatoms. The van der Waals surface area contributed by atoms with E-state index in [-0.39, 0.29) is 5.75 Å². The Labute approximate surface area is 147 Å². The second-order valence-electron chi connectivity index (χ2n) is 5.02. The van der Waals surface area contributed by atoms with Gasteiger partial charge >= 0.3 is 0 Å². The zero-order valence-corrected chi connectivity index (χ0v) is 13.6. The number of aldehydes is 1. The van der Waals surface area contributed by atoms with Gasteiger partial charge in [-0.3, -0.25) is 9.59 Å². The van der Waals surface area contributed by atoms with Crippen LogP contribution >= 0.6 is 0 Å². The molecule has 3 nitrogen and oxygen atoms in total. The third-order valence-corrected chi connectivity index (χ3v) is 3.29. The molecule has 0 amide bonds. The SMILES string of the molecule is C(=Cc1ccccc1)c1ccccc1.O=COc1ccccc1C=O. The van der Waals surface area contributed by atoms with Gasteiger partial charge < -0.3 is 4.74 Å². The van der Waals surface area contributed by atoms with Crippen molar-refractivity contribution in [3.8, 4) is 5.75 Å². The molecule has 0 aliphatic heterocycles. The van der Waals surface area contributed by atoms with Crippen LogP contribution in [0.1, 0.15) is 21.5 Å². The summed E-state index contributed by atoms with van der Waals surface area (Å²) in [6.07, 6.45) is 4.88. The number of carbonyl (C=O) groups excluding carboxylic acids is 2. The van der Waals surface area contributed by atoms with E-state index < -0.39 is 0 Å². The van der Waals surface area contributed by atoms with E-state index in [1.807, 2.05) is 36.4 Å². The summed E-state index contributed by atoms with van der Waals surface area (Å²) in [5.41, 5.74) is 2.84. The average Bonchev–Trinajstić information content (AvgIpc) is 2.69. The van der Waals surface area contributed by atoms with Gasteiger partial charge in [-0.25, -0.2) is 0 Å². The van der Waals surface area contributed by atoms with Crippen molar-refractivity contribution in [2.45, 2.75) is 0 Å². The van der Waals surface area contributed by atoms with Crippen LogP contribution in [0.5, 0.6) is 5.75 Å². The first-order valence-corrected chi connectivity index (χ1v) is 7.76. The van der Waals surface area contributed by atoms with Crippen LogP contribution in [-0.2, 0) is 4.79 Å². The predicted molar refractivity (Wildman–Crippen MR) is 100 cm³/mol. The molecule has 0 fully saturated rings. The largest absolute Gasteiger partial charge is 0.428 e. The molecule has 3 rings (SSSR count). The summed E-state index contributed by atoms with van der Waals surface area (Å²) in [6, 6.07) is 27.1. The monoisotopic (exact) mass is 330 g/mol. The maximum atomic E-state index is 10.3. The van der Waals surface area contributed by atoms with Crippen LogP contribution in [0, 0.1) is 0 Å². The molecule has 0 saturated carbocycles. The minimum absolute atomic E-state index is 0.289. The van der Waals surface area contributed by atoms with Crippen LogP contribution < -0.4 is 4.74 Å². The van der Waals surface area contributed by atoms with E-state index in [0.717, 1.165) is 0 Å². The normalized spacial score (nSPS) is 9.76. The minimum Gasteiger partial charge on any atom is -0.428 e. The van der Waals surface area contributed by atoms with E-state index in [2.05, 4.69) is 41.2 Å². The Bertz CT molecular complexity index is 767. The lowest BCUT2D eigenvalue weighted by Crippen LogP contribution is -1.92. The first-order valence-electron chi connectivity index (χ1n) is 7.76. The molecule has 3 aromatic carbocycles. The Morgan fingerprint density at radius 1 is 0.600 bits per heavy atom. The fourth-order valence-corrected chi connectivity index (χ4v) is 2.06. The smallest absolute Gasteiger partial charge is 0.298 e. The Kier molecular flexibility index (Phi) is 7.40. The third kappa shape index (κ3) is 6.28. The second-order valence-corrected chi connectivity index (χ2v) is 5.02. The minimum atomic E-state index is 0.289. The first-order chi connectivity index (χ1) is 12.3. The molecule has 25 heavy (non-hydrogen) atoms. The van der Waals surface area contributed by atoms with Crippen LogP contribution in [0.4, 0.5) is 0 Å². The van der Waals surface area contributed by atoms with Gasteiger partial charge in [0.15, 0.2) is 6.29 Å². The molecule has 0 N–H and O–H groups in total. The number of ether oxygens (including phenoxy) is 1. The van der Waals surface area contributed by atoms with Gasteiger partial charge in [0.25, 0.3) is 6.47 Å². The van der Waals surface area contributed by atoms with E-state index in [1.54, 1.807) is 24.3 Å². The molecule has 3 aromatic rings. The van der Waals surface area contributed by atoms with Crippen molar-refractivity contribution in [1.82, 2.24) is 0 Å². The molecular formula is C22H18O3. The lowest BCUT2D eigenvalue weighted by atomic mass is 10.1. The highest BCUT2D eigenvalue weighted by Crippen LogP contribution is 2.14. The molecule has 0 unspecified atom stereocenters. The molecule has 124 valence electrons. The number of hydrogen-bond acceptors (Lipinski definition) is 3. The van der Waals surface area contributed by atoms with Crippen molar-refractivity contribution in [3.05, 3.63) is 102 Å². The molecule has 0 heterocycles. The van der Waals surface area contributed by atoms with Gasteiger partial charge in [-0.05, 0) is 23.3 Å². The number of hydrogen-bond donors (Lipinski definition) is 0. The highest BCUT2D eigenvalue weighted by atomic mass is 16.5.